The fourth-order valence-corrected chi connectivity index (χ4v) is 3.14. The largest absolute Gasteiger partial charge is 0.398 e. The van der Waals surface area contributed by atoms with Crippen LogP contribution < -0.4 is 5.73 Å². The number of nitrogens with two attached hydrogens (primary N) is 1. The fraction of sp³-hybridized carbons (Fsp3) is 0.294. The van der Waals surface area contributed by atoms with Gasteiger partial charge in [-0.25, -0.2) is 0 Å². The molecule has 0 unspecified atom stereocenters. The number of aryl methyl sites for hydroxylation is 1. The van der Waals surface area contributed by atoms with Crippen molar-refractivity contribution in [3.05, 3.63) is 63.1 Å². The highest BCUT2D eigenvalue weighted by atomic mass is 79.9. The quantitative estimate of drug-likeness (QED) is 0.846. The number of benzene rings is 2. The van der Waals surface area contributed by atoms with E-state index in [-0.39, 0.29) is 0 Å². The first-order chi connectivity index (χ1) is 9.63. The molecule has 2 nitrogen and oxygen atoms in total. The number of anilines is 1. The molecule has 1 heterocycles. The number of nitrogens with zero attached hydrogens (tertiary/aromatic N) is 1. The fourth-order valence-electron chi connectivity index (χ4n) is 2.90. The first-order valence-corrected chi connectivity index (χ1v) is 7.76. The molecule has 20 heavy (non-hydrogen) atoms. The van der Waals surface area contributed by atoms with Gasteiger partial charge in [0, 0.05) is 29.8 Å². The number of hydrogen-bond acceptors (Lipinski definition) is 2. The van der Waals surface area contributed by atoms with Crippen molar-refractivity contribution >= 4 is 21.6 Å². The zero-order valence-electron chi connectivity index (χ0n) is 11.7. The van der Waals surface area contributed by atoms with Gasteiger partial charge < -0.3 is 5.73 Å². The average Bonchev–Trinajstić information content (AvgIpc) is 2.43. The van der Waals surface area contributed by atoms with Crippen molar-refractivity contribution in [3.8, 4) is 0 Å². The van der Waals surface area contributed by atoms with Crippen molar-refractivity contribution in [3.63, 3.8) is 0 Å². The molecule has 0 spiro atoms. The van der Waals surface area contributed by atoms with E-state index in [1.807, 2.05) is 6.07 Å². The first kappa shape index (κ1) is 13.7. The van der Waals surface area contributed by atoms with Crippen LogP contribution >= 0.6 is 15.9 Å². The predicted molar refractivity (Wildman–Crippen MR) is 87.6 cm³/mol. The molecule has 0 aliphatic carbocycles. The van der Waals surface area contributed by atoms with Gasteiger partial charge in [0.15, 0.2) is 0 Å². The molecule has 104 valence electrons. The lowest BCUT2D eigenvalue weighted by Crippen LogP contribution is -2.30. The Morgan fingerprint density at radius 1 is 1.25 bits per heavy atom. The van der Waals surface area contributed by atoms with Crippen molar-refractivity contribution in [2.45, 2.75) is 26.4 Å². The van der Waals surface area contributed by atoms with Gasteiger partial charge in [-0.3, -0.25) is 4.90 Å². The van der Waals surface area contributed by atoms with Crippen molar-refractivity contribution < 1.29 is 0 Å². The summed E-state index contributed by atoms with van der Waals surface area (Å²) in [6.07, 6.45) is 1.05. The third kappa shape index (κ3) is 2.74. The molecule has 0 amide bonds. The highest BCUT2D eigenvalue weighted by Gasteiger charge is 2.17. The first-order valence-electron chi connectivity index (χ1n) is 6.97. The Hall–Kier alpha value is -1.32. The maximum atomic E-state index is 6.05. The zero-order valence-corrected chi connectivity index (χ0v) is 13.3. The van der Waals surface area contributed by atoms with E-state index in [1.165, 1.54) is 26.7 Å². The zero-order chi connectivity index (χ0) is 14.1. The molecule has 2 N–H and O–H groups in total. The Balaban J connectivity index is 1.76. The number of halogens is 1. The molecule has 0 fully saturated rings. The molecule has 0 bridgehead atoms. The molecule has 2 aromatic rings. The second-order valence-electron chi connectivity index (χ2n) is 5.53. The van der Waals surface area contributed by atoms with Crippen molar-refractivity contribution in [1.29, 1.82) is 0 Å². The topological polar surface area (TPSA) is 29.3 Å². The van der Waals surface area contributed by atoms with E-state index in [2.05, 4.69) is 58.1 Å². The summed E-state index contributed by atoms with van der Waals surface area (Å²) in [6.45, 7) is 5.22. The maximum Gasteiger partial charge on any atom is 0.0350 e. The highest BCUT2D eigenvalue weighted by molar-refractivity contribution is 9.10. The van der Waals surface area contributed by atoms with E-state index in [0.717, 1.165) is 31.7 Å². The van der Waals surface area contributed by atoms with Crippen molar-refractivity contribution in [1.82, 2.24) is 4.90 Å². The van der Waals surface area contributed by atoms with Gasteiger partial charge in [-0.1, -0.05) is 40.2 Å². The van der Waals surface area contributed by atoms with Crippen molar-refractivity contribution in [2.24, 2.45) is 0 Å². The Labute approximate surface area is 128 Å². The summed E-state index contributed by atoms with van der Waals surface area (Å²) in [4.78, 5) is 2.49. The molecular formula is C17H19BrN2. The smallest absolute Gasteiger partial charge is 0.0350 e. The minimum absolute atomic E-state index is 0.946. The van der Waals surface area contributed by atoms with Gasteiger partial charge in [0.1, 0.15) is 0 Å². The maximum absolute atomic E-state index is 6.05. The van der Waals surface area contributed by atoms with Gasteiger partial charge in [-0.15, -0.1) is 0 Å². The van der Waals surface area contributed by atoms with Crippen LogP contribution in [-0.4, -0.2) is 11.4 Å². The molecule has 3 rings (SSSR count). The molecule has 0 saturated carbocycles. The minimum atomic E-state index is 0.946. The van der Waals surface area contributed by atoms with Gasteiger partial charge in [0.25, 0.3) is 0 Å². The Morgan fingerprint density at radius 2 is 2.10 bits per heavy atom. The van der Waals surface area contributed by atoms with Crippen LogP contribution in [0.4, 0.5) is 5.69 Å². The second-order valence-corrected chi connectivity index (χ2v) is 6.38. The summed E-state index contributed by atoms with van der Waals surface area (Å²) in [7, 11) is 0. The Kier molecular flexibility index (Phi) is 3.81. The standard InChI is InChI=1S/C17H19BrN2/c1-12-9-13(5-6-16(12)18)10-20-8-7-15-14(11-20)3-2-4-17(15)19/h2-6,9H,7-8,10-11,19H2,1H3. The monoisotopic (exact) mass is 330 g/mol. The molecule has 0 saturated heterocycles. The van der Waals surface area contributed by atoms with Gasteiger partial charge in [0.05, 0.1) is 0 Å². The third-order valence-corrected chi connectivity index (χ3v) is 4.90. The lowest BCUT2D eigenvalue weighted by molar-refractivity contribution is 0.246. The second kappa shape index (κ2) is 5.58. The summed E-state index contributed by atoms with van der Waals surface area (Å²) >= 11 is 3.56. The van der Waals surface area contributed by atoms with E-state index in [1.54, 1.807) is 0 Å². The summed E-state index contributed by atoms with van der Waals surface area (Å²) < 4.78 is 1.18. The molecule has 2 aromatic carbocycles. The number of fused-ring (bicyclic) bond motifs is 1. The van der Waals surface area contributed by atoms with E-state index in [4.69, 9.17) is 5.73 Å². The lowest BCUT2D eigenvalue weighted by Gasteiger charge is -2.29. The summed E-state index contributed by atoms with van der Waals surface area (Å²) in [5.74, 6) is 0. The SMILES string of the molecule is Cc1cc(CN2CCc3c(N)cccc3C2)ccc1Br. The van der Waals surface area contributed by atoms with E-state index < -0.39 is 0 Å². The third-order valence-electron chi connectivity index (χ3n) is 4.01. The summed E-state index contributed by atoms with van der Waals surface area (Å²) in [6, 6.07) is 12.9. The van der Waals surface area contributed by atoms with Gasteiger partial charge in [0.2, 0.25) is 0 Å². The van der Waals surface area contributed by atoms with Gasteiger partial charge in [-0.05, 0) is 47.7 Å². The predicted octanol–water partition coefficient (Wildman–Crippen LogP) is 3.90. The van der Waals surface area contributed by atoms with Crippen LogP contribution in [0.15, 0.2) is 40.9 Å². The van der Waals surface area contributed by atoms with Crippen LogP contribution in [0.2, 0.25) is 0 Å². The summed E-state index contributed by atoms with van der Waals surface area (Å²) in [5.41, 5.74) is 12.4. The average molecular weight is 331 g/mol. The van der Waals surface area contributed by atoms with Crippen LogP contribution in [0.5, 0.6) is 0 Å². The van der Waals surface area contributed by atoms with Crippen LogP contribution in [0.3, 0.4) is 0 Å². The number of hydrogen-bond donors (Lipinski definition) is 1. The molecule has 0 radical (unpaired) electrons. The molecule has 1 aliphatic heterocycles. The Bertz CT molecular complexity index is 637. The Morgan fingerprint density at radius 3 is 2.90 bits per heavy atom. The van der Waals surface area contributed by atoms with E-state index in [9.17, 15) is 0 Å². The van der Waals surface area contributed by atoms with Gasteiger partial charge in [-0.2, -0.15) is 0 Å². The van der Waals surface area contributed by atoms with Crippen LogP contribution in [-0.2, 0) is 19.5 Å². The van der Waals surface area contributed by atoms with Gasteiger partial charge >= 0.3 is 0 Å². The molecule has 3 heteroatoms. The highest BCUT2D eigenvalue weighted by Crippen LogP contribution is 2.25. The molecule has 1 aliphatic rings. The van der Waals surface area contributed by atoms with Crippen LogP contribution in [0, 0.1) is 6.92 Å². The van der Waals surface area contributed by atoms with Crippen LogP contribution in [0.1, 0.15) is 22.3 Å². The number of rotatable bonds is 2. The van der Waals surface area contributed by atoms with E-state index in [0.29, 0.717) is 0 Å². The summed E-state index contributed by atoms with van der Waals surface area (Å²) in [5, 5.41) is 0. The van der Waals surface area contributed by atoms with Crippen LogP contribution in [0.25, 0.3) is 0 Å². The normalized spacial score (nSPS) is 15.1. The minimum Gasteiger partial charge on any atom is -0.398 e. The molecule has 0 aromatic heterocycles. The van der Waals surface area contributed by atoms with E-state index >= 15 is 0 Å². The van der Waals surface area contributed by atoms with Crippen molar-refractivity contribution in [2.75, 3.05) is 12.3 Å². The molecular weight excluding hydrogens is 312 g/mol. The number of nitrogen functional groups attached to an aromatic ring is 1. The molecule has 0 atom stereocenters. The lowest BCUT2D eigenvalue weighted by atomic mass is 9.97.